The van der Waals surface area contributed by atoms with Gasteiger partial charge in [-0.1, -0.05) is 34.1 Å². The van der Waals surface area contributed by atoms with Crippen molar-refractivity contribution in [2.24, 2.45) is 5.73 Å². The number of benzene rings is 1. The number of nitrogens with two attached hydrogens (primary N) is 1. The van der Waals surface area contributed by atoms with E-state index in [1.807, 2.05) is 18.2 Å². The molecule has 104 valence electrons. The number of amides is 1. The number of rotatable bonds is 6. The van der Waals surface area contributed by atoms with Crippen LogP contribution in [0.3, 0.4) is 0 Å². The Morgan fingerprint density at radius 1 is 1.47 bits per heavy atom. The minimum Gasteiger partial charge on any atom is -0.391 e. The van der Waals surface area contributed by atoms with E-state index in [4.69, 9.17) is 5.73 Å². The summed E-state index contributed by atoms with van der Waals surface area (Å²) in [6.07, 6.45) is 1.48. The molecule has 4 nitrogen and oxygen atoms in total. The van der Waals surface area contributed by atoms with Gasteiger partial charge in [0.2, 0.25) is 5.91 Å². The molecule has 1 amide bonds. The number of halogens is 1. The number of carbonyl (C=O) groups is 1. The normalized spacial score (nSPS) is 17.8. The number of hydrogen-bond acceptors (Lipinski definition) is 3. The number of nitrogens with one attached hydrogen (secondary N) is 1. The second kappa shape index (κ2) is 6.03. The summed E-state index contributed by atoms with van der Waals surface area (Å²) in [7, 11) is 0. The first kappa shape index (κ1) is 14.5. The van der Waals surface area contributed by atoms with Crippen LogP contribution in [0, 0.1) is 0 Å². The van der Waals surface area contributed by atoms with Gasteiger partial charge >= 0.3 is 0 Å². The highest BCUT2D eigenvalue weighted by Crippen LogP contribution is 2.49. The monoisotopic (exact) mass is 326 g/mol. The molecule has 1 aliphatic rings. The molecule has 19 heavy (non-hydrogen) atoms. The van der Waals surface area contributed by atoms with E-state index in [0.29, 0.717) is 6.54 Å². The van der Waals surface area contributed by atoms with Crippen LogP contribution >= 0.6 is 15.9 Å². The summed E-state index contributed by atoms with van der Waals surface area (Å²) in [5.74, 6) is -0.142. The van der Waals surface area contributed by atoms with Crippen molar-refractivity contribution in [3.8, 4) is 0 Å². The molecule has 1 saturated carbocycles. The molecule has 5 heteroatoms. The maximum atomic E-state index is 11.7. The zero-order valence-electron chi connectivity index (χ0n) is 10.7. The number of carbonyl (C=O) groups excluding carboxylic acids is 1. The van der Waals surface area contributed by atoms with Crippen molar-refractivity contribution in [2.75, 3.05) is 13.1 Å². The predicted molar refractivity (Wildman–Crippen MR) is 77.7 cm³/mol. The summed E-state index contributed by atoms with van der Waals surface area (Å²) >= 11 is 3.56. The van der Waals surface area contributed by atoms with Crippen LogP contribution < -0.4 is 11.1 Å². The Hall–Kier alpha value is -0.910. The highest BCUT2D eigenvalue weighted by molar-refractivity contribution is 9.10. The van der Waals surface area contributed by atoms with Gasteiger partial charge < -0.3 is 16.2 Å². The van der Waals surface area contributed by atoms with E-state index in [2.05, 4.69) is 27.3 Å². The first-order valence-corrected chi connectivity index (χ1v) is 7.26. The number of hydrogen-bond donors (Lipinski definition) is 3. The van der Waals surface area contributed by atoms with Crippen molar-refractivity contribution in [3.63, 3.8) is 0 Å². The molecule has 1 aliphatic carbocycles. The van der Waals surface area contributed by atoms with Gasteiger partial charge in [-0.05, 0) is 24.5 Å². The van der Waals surface area contributed by atoms with E-state index in [1.165, 1.54) is 5.56 Å². The smallest absolute Gasteiger partial charge is 0.222 e. The van der Waals surface area contributed by atoms with Crippen LogP contribution in [0.25, 0.3) is 0 Å². The van der Waals surface area contributed by atoms with Crippen molar-refractivity contribution in [1.82, 2.24) is 5.32 Å². The molecule has 1 fully saturated rings. The first-order chi connectivity index (χ1) is 9.07. The molecule has 0 spiro atoms. The van der Waals surface area contributed by atoms with Gasteiger partial charge in [-0.25, -0.2) is 0 Å². The van der Waals surface area contributed by atoms with Crippen LogP contribution in [-0.4, -0.2) is 30.2 Å². The van der Waals surface area contributed by atoms with Gasteiger partial charge in [-0.3, -0.25) is 4.79 Å². The summed E-state index contributed by atoms with van der Waals surface area (Å²) in [5, 5.41) is 12.2. The van der Waals surface area contributed by atoms with E-state index in [9.17, 15) is 9.90 Å². The van der Waals surface area contributed by atoms with E-state index in [0.717, 1.165) is 17.3 Å². The highest BCUT2D eigenvalue weighted by Gasteiger charge is 2.45. The fraction of sp³-hybridized carbons (Fsp3) is 0.500. The molecule has 0 saturated heterocycles. The summed E-state index contributed by atoms with van der Waals surface area (Å²) in [6.45, 7) is 0.731. The lowest BCUT2D eigenvalue weighted by atomic mass is 9.96. The highest BCUT2D eigenvalue weighted by atomic mass is 79.9. The quantitative estimate of drug-likeness (QED) is 0.737. The third-order valence-electron chi connectivity index (χ3n) is 3.62. The lowest BCUT2D eigenvalue weighted by Gasteiger charge is -2.18. The summed E-state index contributed by atoms with van der Waals surface area (Å²) in [6, 6.07) is 8.12. The van der Waals surface area contributed by atoms with Crippen LogP contribution in [0.2, 0.25) is 0 Å². The zero-order chi connectivity index (χ0) is 13.9. The SMILES string of the molecule is NCC(O)CC(=O)NCC1(c2ccccc2Br)CC1. The lowest BCUT2D eigenvalue weighted by Crippen LogP contribution is -2.35. The predicted octanol–water partition coefficient (Wildman–Crippen LogP) is 1.31. The van der Waals surface area contributed by atoms with E-state index in [1.54, 1.807) is 0 Å². The Bertz CT molecular complexity index is 461. The zero-order valence-corrected chi connectivity index (χ0v) is 12.3. The van der Waals surface area contributed by atoms with Gasteiger partial charge in [0.1, 0.15) is 0 Å². The summed E-state index contributed by atoms with van der Waals surface area (Å²) in [4.78, 5) is 11.7. The largest absolute Gasteiger partial charge is 0.391 e. The van der Waals surface area contributed by atoms with Crippen molar-refractivity contribution in [2.45, 2.75) is 30.8 Å². The second-order valence-corrected chi connectivity index (χ2v) is 5.98. The molecule has 0 aromatic heterocycles. The van der Waals surface area contributed by atoms with E-state index in [-0.39, 0.29) is 24.3 Å². The Morgan fingerprint density at radius 2 is 2.16 bits per heavy atom. The molecular formula is C14H19BrN2O2. The van der Waals surface area contributed by atoms with E-state index >= 15 is 0 Å². The van der Waals surface area contributed by atoms with Crippen molar-refractivity contribution in [3.05, 3.63) is 34.3 Å². The molecule has 4 N–H and O–H groups in total. The third-order valence-corrected chi connectivity index (χ3v) is 4.31. The molecule has 0 bridgehead atoms. The van der Waals surface area contributed by atoms with Gasteiger partial charge in [-0.2, -0.15) is 0 Å². The van der Waals surface area contributed by atoms with Crippen molar-refractivity contribution in [1.29, 1.82) is 0 Å². The van der Waals surface area contributed by atoms with Crippen LogP contribution in [0.4, 0.5) is 0 Å². The Balaban J connectivity index is 1.93. The topological polar surface area (TPSA) is 75.3 Å². The minimum absolute atomic E-state index is 0.0589. The maximum Gasteiger partial charge on any atom is 0.222 e. The average Bonchev–Trinajstić information content (AvgIpc) is 3.18. The van der Waals surface area contributed by atoms with Gasteiger partial charge in [0.05, 0.1) is 12.5 Å². The van der Waals surface area contributed by atoms with Crippen LogP contribution in [-0.2, 0) is 10.2 Å². The molecule has 0 heterocycles. The first-order valence-electron chi connectivity index (χ1n) is 6.47. The minimum atomic E-state index is -0.751. The maximum absolute atomic E-state index is 11.7. The fourth-order valence-electron chi connectivity index (χ4n) is 2.22. The van der Waals surface area contributed by atoms with Crippen molar-refractivity contribution < 1.29 is 9.90 Å². The molecule has 0 aliphatic heterocycles. The third kappa shape index (κ3) is 3.55. The van der Waals surface area contributed by atoms with Crippen LogP contribution in [0.5, 0.6) is 0 Å². The average molecular weight is 327 g/mol. The Morgan fingerprint density at radius 3 is 2.74 bits per heavy atom. The Labute approximate surface area is 121 Å². The summed E-state index contributed by atoms with van der Waals surface area (Å²) < 4.78 is 1.09. The molecule has 1 unspecified atom stereocenters. The van der Waals surface area contributed by atoms with Gasteiger partial charge in [0, 0.05) is 23.0 Å². The number of aliphatic hydroxyl groups excluding tert-OH is 1. The molecule has 2 rings (SSSR count). The standard InChI is InChI=1S/C14H19BrN2O2/c15-12-4-2-1-3-11(12)14(5-6-14)9-17-13(19)7-10(18)8-16/h1-4,10,18H,5-9,16H2,(H,17,19). The lowest BCUT2D eigenvalue weighted by molar-refractivity contribution is -0.123. The van der Waals surface area contributed by atoms with Gasteiger partial charge in [0.25, 0.3) is 0 Å². The summed E-state index contributed by atoms with van der Waals surface area (Å²) in [5.41, 5.74) is 6.59. The van der Waals surface area contributed by atoms with Crippen molar-refractivity contribution >= 4 is 21.8 Å². The molecule has 0 radical (unpaired) electrons. The van der Waals surface area contributed by atoms with Crippen LogP contribution in [0.1, 0.15) is 24.8 Å². The van der Waals surface area contributed by atoms with Gasteiger partial charge in [0.15, 0.2) is 0 Å². The molecule has 1 aromatic rings. The fourth-order valence-corrected chi connectivity index (χ4v) is 2.93. The molecule has 1 aromatic carbocycles. The number of aliphatic hydroxyl groups is 1. The van der Waals surface area contributed by atoms with Gasteiger partial charge in [-0.15, -0.1) is 0 Å². The van der Waals surface area contributed by atoms with E-state index < -0.39 is 6.10 Å². The second-order valence-electron chi connectivity index (χ2n) is 5.13. The van der Waals surface area contributed by atoms with Crippen LogP contribution in [0.15, 0.2) is 28.7 Å². The Kier molecular flexibility index (Phi) is 4.60. The molecular weight excluding hydrogens is 308 g/mol. The molecule has 1 atom stereocenters.